The van der Waals surface area contributed by atoms with E-state index < -0.39 is 29.9 Å². The van der Waals surface area contributed by atoms with Crippen LogP contribution in [0, 0.1) is 11.3 Å². The van der Waals surface area contributed by atoms with Gasteiger partial charge in [-0.3, -0.25) is 19.2 Å². The van der Waals surface area contributed by atoms with Gasteiger partial charge in [-0.05, 0) is 24.7 Å². The number of likely N-dealkylation sites (tertiary alicyclic amines) is 2. The van der Waals surface area contributed by atoms with Crippen molar-refractivity contribution in [2.75, 3.05) is 13.1 Å². The second-order valence-electron chi connectivity index (χ2n) is 8.94. The lowest BCUT2D eigenvalue weighted by atomic mass is 9.89. The molecule has 0 aromatic carbocycles. The number of aliphatic hydroxyl groups excluding tert-OH is 1. The van der Waals surface area contributed by atoms with Gasteiger partial charge in [0.25, 0.3) is 5.91 Å². The van der Waals surface area contributed by atoms with Crippen molar-refractivity contribution in [3.05, 3.63) is 0 Å². The summed E-state index contributed by atoms with van der Waals surface area (Å²) in [6, 6.07) is -1.02. The molecular formula is C19H31N3O5. The topological polar surface area (TPSA) is 121 Å². The lowest BCUT2D eigenvalue weighted by Crippen LogP contribution is -2.46. The Morgan fingerprint density at radius 3 is 2.44 bits per heavy atom. The van der Waals surface area contributed by atoms with Crippen molar-refractivity contribution in [1.29, 1.82) is 0 Å². The molecule has 0 saturated carbocycles. The third-order valence-corrected chi connectivity index (χ3v) is 5.39. The minimum absolute atomic E-state index is 0.0726. The Morgan fingerprint density at radius 1 is 1.26 bits per heavy atom. The summed E-state index contributed by atoms with van der Waals surface area (Å²) >= 11 is 0. The number of carbonyl (C=O) groups is 4. The second kappa shape index (κ2) is 7.96. The number of aliphatic hydroxyl groups is 1. The molecule has 8 heteroatoms. The van der Waals surface area contributed by atoms with Gasteiger partial charge in [-0.15, -0.1) is 0 Å². The largest absolute Gasteiger partial charge is 0.383 e. The van der Waals surface area contributed by atoms with Crippen molar-refractivity contribution in [3.8, 4) is 0 Å². The number of amides is 3. The molecule has 0 aromatic rings. The molecule has 27 heavy (non-hydrogen) atoms. The number of primary amides is 1. The number of fused-ring (bicyclic) bond motifs is 1. The van der Waals surface area contributed by atoms with E-state index in [-0.39, 0.29) is 36.1 Å². The fourth-order valence-electron chi connectivity index (χ4n) is 3.88. The molecule has 2 fully saturated rings. The summed E-state index contributed by atoms with van der Waals surface area (Å²) in [5.41, 5.74) is 5.01. The van der Waals surface area contributed by atoms with Crippen LogP contribution in [-0.4, -0.2) is 69.7 Å². The quantitative estimate of drug-likeness (QED) is 0.674. The first-order valence-electron chi connectivity index (χ1n) is 9.52. The highest BCUT2D eigenvalue weighted by Crippen LogP contribution is 2.32. The van der Waals surface area contributed by atoms with Crippen LogP contribution in [0.3, 0.4) is 0 Å². The van der Waals surface area contributed by atoms with E-state index in [0.29, 0.717) is 25.8 Å². The molecule has 4 unspecified atom stereocenters. The van der Waals surface area contributed by atoms with Crippen molar-refractivity contribution in [3.63, 3.8) is 0 Å². The maximum Gasteiger partial charge on any atom is 0.252 e. The predicted octanol–water partition coefficient (Wildman–Crippen LogP) is 0.0659. The number of hydrogen-bond donors (Lipinski definition) is 2. The van der Waals surface area contributed by atoms with Gasteiger partial charge in [0.2, 0.25) is 11.8 Å². The first-order chi connectivity index (χ1) is 12.4. The lowest BCUT2D eigenvalue weighted by molar-refractivity contribution is -0.143. The van der Waals surface area contributed by atoms with Crippen molar-refractivity contribution >= 4 is 23.5 Å². The molecule has 8 nitrogen and oxygen atoms in total. The number of rotatable bonds is 6. The van der Waals surface area contributed by atoms with Crippen LogP contribution >= 0.6 is 0 Å². The standard InChI is InChI=1S/C19H31N3O5/c1-11(17(20)26)5-6-15(25)21-8-7-12-16(21)14(24)10-22(12)18(27)13(23)9-19(2,3)4/h11-13,16,23H,5-10H2,1-4H3,(H2,20,26). The van der Waals surface area contributed by atoms with Gasteiger partial charge in [-0.2, -0.15) is 0 Å². The Balaban J connectivity index is 2.02. The maximum absolute atomic E-state index is 12.6. The van der Waals surface area contributed by atoms with Crippen LogP contribution in [0.15, 0.2) is 0 Å². The van der Waals surface area contributed by atoms with Crippen LogP contribution in [0.1, 0.15) is 53.4 Å². The second-order valence-corrected chi connectivity index (χ2v) is 8.94. The molecule has 2 aliphatic rings. The SMILES string of the molecule is CC(CCC(=O)N1CCC2C1C(=O)CN2C(=O)C(O)CC(C)(C)C)C(N)=O. The molecule has 0 aliphatic carbocycles. The number of nitrogens with zero attached hydrogens (tertiary/aromatic N) is 2. The molecule has 3 amide bonds. The Morgan fingerprint density at radius 2 is 1.89 bits per heavy atom. The average Bonchev–Trinajstić information content (AvgIpc) is 3.11. The highest BCUT2D eigenvalue weighted by molar-refractivity contribution is 5.98. The first kappa shape index (κ1) is 21.3. The summed E-state index contributed by atoms with van der Waals surface area (Å²) in [4.78, 5) is 51.7. The van der Waals surface area contributed by atoms with E-state index in [0.717, 1.165) is 0 Å². The summed E-state index contributed by atoms with van der Waals surface area (Å²) < 4.78 is 0. The third-order valence-electron chi connectivity index (χ3n) is 5.39. The fourth-order valence-corrected chi connectivity index (χ4v) is 3.88. The van der Waals surface area contributed by atoms with E-state index in [1.165, 1.54) is 9.80 Å². The molecule has 2 heterocycles. The number of carbonyl (C=O) groups excluding carboxylic acids is 4. The molecule has 0 spiro atoms. The van der Waals surface area contributed by atoms with Crippen LogP contribution in [0.4, 0.5) is 0 Å². The smallest absolute Gasteiger partial charge is 0.252 e. The monoisotopic (exact) mass is 381 g/mol. The van der Waals surface area contributed by atoms with E-state index in [1.54, 1.807) is 6.92 Å². The average molecular weight is 381 g/mol. The fraction of sp³-hybridized carbons (Fsp3) is 0.789. The molecule has 0 aromatic heterocycles. The van der Waals surface area contributed by atoms with E-state index in [2.05, 4.69) is 0 Å². The van der Waals surface area contributed by atoms with Crippen LogP contribution in [0.2, 0.25) is 0 Å². The van der Waals surface area contributed by atoms with Gasteiger partial charge >= 0.3 is 0 Å². The Bertz CT molecular complexity index is 627. The van der Waals surface area contributed by atoms with Crippen molar-refractivity contribution in [2.45, 2.75) is 71.6 Å². The van der Waals surface area contributed by atoms with Gasteiger partial charge < -0.3 is 20.6 Å². The summed E-state index contributed by atoms with van der Waals surface area (Å²) in [5.74, 6) is -1.68. The van der Waals surface area contributed by atoms with Crippen LogP contribution in [0.5, 0.6) is 0 Å². The molecule has 3 N–H and O–H groups in total. The number of nitrogens with two attached hydrogens (primary N) is 1. The molecular weight excluding hydrogens is 350 g/mol. The van der Waals surface area contributed by atoms with Gasteiger partial charge in [0.05, 0.1) is 12.6 Å². The zero-order valence-electron chi connectivity index (χ0n) is 16.6. The highest BCUT2D eigenvalue weighted by atomic mass is 16.3. The number of Topliss-reactive ketones (excluding diaryl/α,β-unsaturated/α-hetero) is 1. The molecule has 0 bridgehead atoms. The first-order valence-corrected chi connectivity index (χ1v) is 9.52. The van der Waals surface area contributed by atoms with Gasteiger partial charge in [-0.1, -0.05) is 27.7 Å². The minimum atomic E-state index is -1.15. The zero-order chi connectivity index (χ0) is 20.5. The van der Waals surface area contributed by atoms with Gasteiger partial charge in [0.15, 0.2) is 5.78 Å². The van der Waals surface area contributed by atoms with Crippen LogP contribution in [-0.2, 0) is 19.2 Å². The summed E-state index contributed by atoms with van der Waals surface area (Å²) in [7, 11) is 0. The minimum Gasteiger partial charge on any atom is -0.383 e. The van der Waals surface area contributed by atoms with E-state index in [4.69, 9.17) is 5.73 Å². The molecule has 2 saturated heterocycles. The molecule has 152 valence electrons. The number of ketones is 1. The molecule has 0 radical (unpaired) electrons. The van der Waals surface area contributed by atoms with Crippen LogP contribution in [0.25, 0.3) is 0 Å². The summed E-state index contributed by atoms with van der Waals surface area (Å²) in [6.45, 7) is 7.79. The normalized spacial score (nSPS) is 24.7. The molecule has 2 aliphatic heterocycles. The van der Waals surface area contributed by atoms with Gasteiger partial charge in [0, 0.05) is 18.9 Å². The maximum atomic E-state index is 12.6. The summed E-state index contributed by atoms with van der Waals surface area (Å²) in [6.07, 6.45) is 0.144. The van der Waals surface area contributed by atoms with Gasteiger partial charge in [0.1, 0.15) is 12.1 Å². The van der Waals surface area contributed by atoms with Crippen molar-refractivity contribution in [2.24, 2.45) is 17.1 Å². The van der Waals surface area contributed by atoms with E-state index in [9.17, 15) is 24.3 Å². The van der Waals surface area contributed by atoms with Crippen molar-refractivity contribution in [1.82, 2.24) is 9.80 Å². The Hall–Kier alpha value is -1.96. The van der Waals surface area contributed by atoms with Crippen LogP contribution < -0.4 is 5.73 Å². The predicted molar refractivity (Wildman–Crippen MR) is 98.3 cm³/mol. The number of hydrogen-bond acceptors (Lipinski definition) is 5. The third kappa shape index (κ3) is 4.86. The van der Waals surface area contributed by atoms with E-state index in [1.807, 2.05) is 20.8 Å². The summed E-state index contributed by atoms with van der Waals surface area (Å²) in [5, 5.41) is 10.3. The zero-order valence-corrected chi connectivity index (χ0v) is 16.6. The Labute approximate surface area is 160 Å². The molecule has 2 rings (SSSR count). The molecule has 4 atom stereocenters. The van der Waals surface area contributed by atoms with Crippen molar-refractivity contribution < 1.29 is 24.3 Å². The highest BCUT2D eigenvalue weighted by Gasteiger charge is 2.51. The van der Waals surface area contributed by atoms with Gasteiger partial charge in [-0.25, -0.2) is 0 Å². The van der Waals surface area contributed by atoms with E-state index >= 15 is 0 Å². The lowest BCUT2D eigenvalue weighted by Gasteiger charge is -2.28. The Kier molecular flexibility index (Phi) is 6.29.